The van der Waals surface area contributed by atoms with Crippen molar-refractivity contribution < 1.29 is 37.6 Å². The van der Waals surface area contributed by atoms with Crippen LogP contribution in [0.4, 0.5) is 0 Å². The lowest BCUT2D eigenvalue weighted by Gasteiger charge is -2.24. The predicted octanol–water partition coefficient (Wildman–Crippen LogP) is 4.12. The summed E-state index contributed by atoms with van der Waals surface area (Å²) >= 11 is 0. The van der Waals surface area contributed by atoms with Gasteiger partial charge in [0.25, 0.3) is 0 Å². The van der Waals surface area contributed by atoms with Gasteiger partial charge < -0.3 is 37.6 Å². The van der Waals surface area contributed by atoms with Gasteiger partial charge in [0.1, 0.15) is 11.8 Å². The Hall–Kier alpha value is -3.59. The lowest BCUT2D eigenvalue weighted by Crippen LogP contribution is -2.25. The molecule has 5 rings (SSSR count). The average molecular weight is 456 g/mol. The Bertz CT molecular complexity index is 1240. The Morgan fingerprint density at radius 2 is 1.70 bits per heavy atom. The van der Waals surface area contributed by atoms with E-state index >= 15 is 0 Å². The highest BCUT2D eigenvalue weighted by Gasteiger charge is 2.29. The monoisotopic (exact) mass is 456 g/mol. The zero-order chi connectivity index (χ0) is 22.9. The fraction of sp³-hybridized carbons (Fsp3) is 0.375. The summed E-state index contributed by atoms with van der Waals surface area (Å²) in [5.74, 6) is 2.45. The van der Waals surface area contributed by atoms with Crippen molar-refractivity contribution in [2.75, 3.05) is 34.7 Å². The molecule has 1 atom stereocenters. The van der Waals surface area contributed by atoms with Gasteiger partial charge in [-0.2, -0.15) is 0 Å². The van der Waals surface area contributed by atoms with Crippen molar-refractivity contribution in [3.8, 4) is 45.6 Å². The third kappa shape index (κ3) is 3.68. The lowest BCUT2D eigenvalue weighted by molar-refractivity contribution is -0.106. The van der Waals surface area contributed by atoms with Crippen molar-refractivity contribution in [3.05, 3.63) is 34.7 Å². The summed E-state index contributed by atoms with van der Waals surface area (Å²) in [6.45, 7) is 0.683. The van der Waals surface area contributed by atoms with Gasteiger partial charge in [-0.25, -0.2) is 0 Å². The first-order valence-electron chi connectivity index (χ1n) is 10.6. The maximum absolute atomic E-state index is 13.5. The van der Waals surface area contributed by atoms with Gasteiger partial charge in [-0.3, -0.25) is 4.79 Å². The van der Waals surface area contributed by atoms with Crippen LogP contribution in [0.25, 0.3) is 22.1 Å². The molecule has 1 aromatic heterocycles. The molecular weight excluding hydrogens is 432 g/mol. The summed E-state index contributed by atoms with van der Waals surface area (Å²) in [6, 6.07) is 4.92. The predicted molar refractivity (Wildman–Crippen MR) is 118 cm³/mol. The molecule has 9 heteroatoms. The van der Waals surface area contributed by atoms with E-state index in [1.165, 1.54) is 27.6 Å². The van der Waals surface area contributed by atoms with Gasteiger partial charge in [0, 0.05) is 18.1 Å². The van der Waals surface area contributed by atoms with Crippen LogP contribution in [-0.4, -0.2) is 41.0 Å². The third-order valence-corrected chi connectivity index (χ3v) is 5.73. The van der Waals surface area contributed by atoms with Crippen molar-refractivity contribution >= 4 is 11.0 Å². The van der Waals surface area contributed by atoms with E-state index in [4.69, 9.17) is 37.6 Å². The Morgan fingerprint density at radius 1 is 0.879 bits per heavy atom. The summed E-state index contributed by atoms with van der Waals surface area (Å²) in [5, 5.41) is 0.333. The first-order valence-corrected chi connectivity index (χ1v) is 10.6. The van der Waals surface area contributed by atoms with Gasteiger partial charge in [-0.05, 0) is 25.0 Å². The highest BCUT2D eigenvalue weighted by atomic mass is 16.7. The zero-order valence-electron chi connectivity index (χ0n) is 18.6. The highest BCUT2D eigenvalue weighted by molar-refractivity contribution is 5.87. The van der Waals surface area contributed by atoms with Crippen LogP contribution in [0.3, 0.4) is 0 Å². The van der Waals surface area contributed by atoms with Gasteiger partial charge >= 0.3 is 0 Å². The van der Waals surface area contributed by atoms with Crippen molar-refractivity contribution in [1.82, 2.24) is 0 Å². The van der Waals surface area contributed by atoms with E-state index in [2.05, 4.69) is 0 Å². The topological polar surface area (TPSA) is 94.8 Å². The van der Waals surface area contributed by atoms with Crippen LogP contribution in [0.1, 0.15) is 19.3 Å². The number of ether oxygens (including phenoxy) is 7. The van der Waals surface area contributed by atoms with Crippen LogP contribution >= 0.6 is 0 Å². The number of fused-ring (bicyclic) bond motifs is 2. The highest BCUT2D eigenvalue weighted by Crippen LogP contribution is 2.52. The van der Waals surface area contributed by atoms with Gasteiger partial charge in [0.05, 0.1) is 38.9 Å². The Morgan fingerprint density at radius 3 is 2.42 bits per heavy atom. The average Bonchev–Trinajstić information content (AvgIpc) is 3.34. The van der Waals surface area contributed by atoms with E-state index in [1.807, 2.05) is 0 Å². The minimum Gasteiger partial charge on any atom is -0.493 e. The van der Waals surface area contributed by atoms with E-state index in [0.717, 1.165) is 19.3 Å². The minimum atomic E-state index is -0.360. The van der Waals surface area contributed by atoms with E-state index in [-0.39, 0.29) is 24.1 Å². The second-order valence-corrected chi connectivity index (χ2v) is 7.62. The third-order valence-electron chi connectivity index (χ3n) is 5.73. The second kappa shape index (κ2) is 8.74. The number of rotatable bonds is 6. The molecule has 0 radical (unpaired) electrons. The first kappa shape index (κ1) is 21.3. The molecule has 0 spiro atoms. The summed E-state index contributed by atoms with van der Waals surface area (Å²) in [5.41, 5.74) is 0.836. The number of benzene rings is 2. The van der Waals surface area contributed by atoms with Crippen molar-refractivity contribution in [2.45, 2.75) is 25.6 Å². The van der Waals surface area contributed by atoms with Crippen molar-refractivity contribution in [1.29, 1.82) is 0 Å². The summed E-state index contributed by atoms with van der Waals surface area (Å²) < 4.78 is 45.0. The normalized spacial score (nSPS) is 17.1. The van der Waals surface area contributed by atoms with Gasteiger partial charge in [-0.1, -0.05) is 0 Å². The molecule has 174 valence electrons. The number of hydrogen-bond acceptors (Lipinski definition) is 9. The van der Waals surface area contributed by atoms with E-state index in [9.17, 15) is 4.79 Å². The molecule has 2 aliphatic heterocycles. The SMILES string of the molecule is COc1cc2c(=O)c(-c3cc(OC)c4c(c3OC)OCO4)coc2cc1OC1CCCCO1. The van der Waals surface area contributed by atoms with Gasteiger partial charge in [0.2, 0.25) is 23.7 Å². The van der Waals surface area contributed by atoms with Crippen LogP contribution in [0, 0.1) is 0 Å². The van der Waals surface area contributed by atoms with Crippen LogP contribution in [-0.2, 0) is 4.74 Å². The molecule has 33 heavy (non-hydrogen) atoms. The Labute approximate surface area is 189 Å². The van der Waals surface area contributed by atoms with E-state index in [1.54, 1.807) is 18.2 Å². The van der Waals surface area contributed by atoms with Crippen LogP contribution in [0.15, 0.2) is 33.7 Å². The molecule has 0 N–H and O–H groups in total. The molecule has 0 bridgehead atoms. The zero-order valence-corrected chi connectivity index (χ0v) is 18.6. The van der Waals surface area contributed by atoms with Gasteiger partial charge in [0.15, 0.2) is 29.3 Å². The molecule has 2 aromatic carbocycles. The fourth-order valence-corrected chi connectivity index (χ4v) is 4.09. The van der Waals surface area contributed by atoms with Crippen LogP contribution in [0.5, 0.6) is 34.5 Å². The molecule has 0 amide bonds. The molecule has 1 unspecified atom stereocenters. The van der Waals surface area contributed by atoms with Crippen LogP contribution in [0.2, 0.25) is 0 Å². The Balaban J connectivity index is 1.62. The fourth-order valence-electron chi connectivity index (χ4n) is 4.09. The Kier molecular flexibility index (Phi) is 5.63. The molecule has 1 fully saturated rings. The molecule has 1 saturated heterocycles. The standard InChI is InChI=1S/C24H24O9/c1-26-17-9-14-16(10-18(17)33-20-6-4-5-7-29-20)30-11-15(21(14)25)13-8-19(27-2)23-24(22(13)28-3)32-12-31-23/h8-11,20H,4-7,12H2,1-3H3. The van der Waals surface area contributed by atoms with Crippen LogP contribution < -0.4 is 33.8 Å². The summed E-state index contributed by atoms with van der Waals surface area (Å²) in [4.78, 5) is 13.5. The van der Waals surface area contributed by atoms with Gasteiger partial charge in [-0.15, -0.1) is 0 Å². The minimum absolute atomic E-state index is 0.0303. The molecule has 2 aliphatic rings. The molecule has 9 nitrogen and oxygen atoms in total. The smallest absolute Gasteiger partial charge is 0.231 e. The largest absolute Gasteiger partial charge is 0.493 e. The summed E-state index contributed by atoms with van der Waals surface area (Å²) in [7, 11) is 4.53. The molecule has 3 aromatic rings. The maximum atomic E-state index is 13.5. The number of hydrogen-bond donors (Lipinski definition) is 0. The maximum Gasteiger partial charge on any atom is 0.231 e. The molecule has 0 aliphatic carbocycles. The quantitative estimate of drug-likeness (QED) is 0.543. The number of methoxy groups -OCH3 is 3. The van der Waals surface area contributed by atoms with E-state index in [0.29, 0.717) is 57.6 Å². The first-order chi connectivity index (χ1) is 16.1. The molecule has 0 saturated carbocycles. The van der Waals surface area contributed by atoms with E-state index < -0.39 is 0 Å². The van der Waals surface area contributed by atoms with Crippen molar-refractivity contribution in [2.24, 2.45) is 0 Å². The summed E-state index contributed by atoms with van der Waals surface area (Å²) in [6.07, 6.45) is 3.86. The lowest BCUT2D eigenvalue weighted by atomic mass is 10.0. The molecule has 3 heterocycles. The molecular formula is C24H24O9. The second-order valence-electron chi connectivity index (χ2n) is 7.62. The van der Waals surface area contributed by atoms with Crippen molar-refractivity contribution in [3.63, 3.8) is 0 Å².